The maximum absolute atomic E-state index is 14.3. The van der Waals surface area contributed by atoms with Gasteiger partial charge in [-0.1, -0.05) is 48.9 Å². The van der Waals surface area contributed by atoms with Gasteiger partial charge in [-0.05, 0) is 118 Å². The minimum atomic E-state index is -1.23. The van der Waals surface area contributed by atoms with Crippen LogP contribution in [-0.4, -0.2) is 72.5 Å². The van der Waals surface area contributed by atoms with Crippen molar-refractivity contribution >= 4 is 17.5 Å². The quantitative estimate of drug-likeness (QED) is 0.117. The molecule has 0 radical (unpaired) electrons. The number of methoxy groups -OCH3 is 2. The number of aliphatic hydroxyl groups excluding tert-OH is 1. The van der Waals surface area contributed by atoms with E-state index in [0.717, 1.165) is 24.0 Å². The maximum Gasteiger partial charge on any atom is 0.321 e. The van der Waals surface area contributed by atoms with Crippen molar-refractivity contribution in [1.82, 2.24) is 4.90 Å². The lowest BCUT2D eigenvalue weighted by Gasteiger charge is -2.46. The van der Waals surface area contributed by atoms with E-state index in [0.29, 0.717) is 74.2 Å². The first-order valence-corrected chi connectivity index (χ1v) is 17.5. The number of carbonyl (C=O) groups excluding carboxylic acids is 2. The van der Waals surface area contributed by atoms with Crippen LogP contribution in [0.2, 0.25) is 0 Å². The van der Waals surface area contributed by atoms with Crippen molar-refractivity contribution in [2.45, 2.75) is 82.8 Å². The number of aliphatic hydroxyl groups is 2. The third-order valence-electron chi connectivity index (χ3n) is 10.8. The highest BCUT2D eigenvalue weighted by Crippen LogP contribution is 2.59. The van der Waals surface area contributed by atoms with Crippen LogP contribution < -0.4 is 10.1 Å². The Morgan fingerprint density at radius 1 is 1.00 bits per heavy atom. The van der Waals surface area contributed by atoms with Crippen LogP contribution in [0.4, 0.5) is 10.5 Å². The summed E-state index contributed by atoms with van der Waals surface area (Å²) in [5, 5.41) is 26.8. The predicted molar refractivity (Wildman–Crippen MR) is 193 cm³/mol. The summed E-state index contributed by atoms with van der Waals surface area (Å²) in [6.07, 6.45) is 6.73. The Morgan fingerprint density at radius 3 is 2.47 bits per heavy atom. The van der Waals surface area contributed by atoms with Gasteiger partial charge in [-0.3, -0.25) is 4.79 Å². The fraction of sp³-hybridized carbons (Fsp3) is 0.463. The number of hydrogen-bond donors (Lipinski definition) is 3. The number of para-hydroxylation sites is 1. The molecule has 2 bridgehead atoms. The van der Waals surface area contributed by atoms with Crippen LogP contribution in [-0.2, 0) is 11.2 Å². The Balaban J connectivity index is 1.56. The van der Waals surface area contributed by atoms with E-state index in [1.54, 1.807) is 43.4 Å². The Kier molecular flexibility index (Phi) is 12.0. The molecule has 4 atom stereocenters. The van der Waals surface area contributed by atoms with Crippen LogP contribution in [0.5, 0.6) is 5.75 Å². The second-order valence-corrected chi connectivity index (χ2v) is 14.1. The number of ketones is 1. The first-order valence-electron chi connectivity index (χ1n) is 17.5. The first kappa shape index (κ1) is 36.3. The number of rotatable bonds is 10. The maximum atomic E-state index is 14.3. The molecular formula is C41H52N2O6. The molecule has 4 unspecified atom stereocenters. The van der Waals surface area contributed by atoms with Gasteiger partial charge in [0.1, 0.15) is 5.75 Å². The molecule has 3 aromatic carbocycles. The number of nitrogens with zero attached hydrogens (tertiary/aromatic N) is 1. The van der Waals surface area contributed by atoms with Crippen molar-refractivity contribution in [2.75, 3.05) is 39.2 Å². The molecule has 0 spiro atoms. The number of carbonyl (C=O) groups is 2. The van der Waals surface area contributed by atoms with Crippen molar-refractivity contribution in [1.29, 1.82) is 0 Å². The SMILES string of the molecule is COCCCN(CC1(O)CCC2c3ccc(cc3C(=O)c3ccc(OC)cc3)CC(O)CCC(C)=CCCC21C)C(=O)Nc1ccccc1. The van der Waals surface area contributed by atoms with Crippen LogP contribution in [0.3, 0.4) is 0 Å². The van der Waals surface area contributed by atoms with E-state index in [1.807, 2.05) is 48.5 Å². The van der Waals surface area contributed by atoms with Gasteiger partial charge in [0.15, 0.2) is 5.78 Å². The molecule has 3 aromatic rings. The van der Waals surface area contributed by atoms with Crippen LogP contribution in [0.25, 0.3) is 0 Å². The standard InChI is InChI=1S/C41H52N2O6/c1-29-10-8-22-40(2)37(21-23-41(40,47)28-43(24-9-25-48-3)39(46)42-32-11-6-5-7-12-32)35-20-14-30(26-33(44)17-13-29)27-36(35)38(45)31-15-18-34(49-4)19-16-31/h5-7,10-12,14-16,18-20,27,33,37,44,47H,8-9,13,17,21-26,28H2,1-4H3,(H,42,46). The van der Waals surface area contributed by atoms with E-state index < -0.39 is 17.1 Å². The summed E-state index contributed by atoms with van der Waals surface area (Å²) in [6.45, 7) is 5.31. The molecule has 262 valence electrons. The van der Waals surface area contributed by atoms with Crippen LogP contribution in [0.1, 0.15) is 91.8 Å². The molecule has 0 saturated heterocycles. The summed E-state index contributed by atoms with van der Waals surface area (Å²) in [5.41, 5.74) is 2.96. The summed E-state index contributed by atoms with van der Waals surface area (Å²) < 4.78 is 10.7. The van der Waals surface area contributed by atoms with Gasteiger partial charge in [-0.25, -0.2) is 4.79 Å². The molecule has 2 amide bonds. The number of benzene rings is 3. The number of allylic oxidation sites excluding steroid dienone is 2. The average molecular weight is 669 g/mol. The zero-order valence-corrected chi connectivity index (χ0v) is 29.4. The van der Waals surface area contributed by atoms with Gasteiger partial charge in [0, 0.05) is 42.5 Å². The fourth-order valence-electron chi connectivity index (χ4n) is 7.79. The highest BCUT2D eigenvalue weighted by atomic mass is 16.5. The molecule has 0 heterocycles. The minimum absolute atomic E-state index is 0.0990. The van der Waals surface area contributed by atoms with Crippen LogP contribution in [0.15, 0.2) is 84.4 Å². The Bertz CT molecular complexity index is 1610. The number of ether oxygens (including phenoxy) is 2. The number of anilines is 1. The van der Waals surface area contributed by atoms with E-state index in [-0.39, 0.29) is 24.3 Å². The van der Waals surface area contributed by atoms with Crippen molar-refractivity contribution in [3.05, 3.63) is 107 Å². The molecule has 3 N–H and O–H groups in total. The van der Waals surface area contributed by atoms with Gasteiger partial charge >= 0.3 is 6.03 Å². The van der Waals surface area contributed by atoms with Gasteiger partial charge in [-0.2, -0.15) is 0 Å². The van der Waals surface area contributed by atoms with Crippen molar-refractivity contribution in [2.24, 2.45) is 5.41 Å². The predicted octanol–water partition coefficient (Wildman–Crippen LogP) is 7.54. The molecule has 49 heavy (non-hydrogen) atoms. The second-order valence-electron chi connectivity index (χ2n) is 14.1. The van der Waals surface area contributed by atoms with E-state index >= 15 is 0 Å². The van der Waals surface area contributed by atoms with E-state index in [9.17, 15) is 19.8 Å². The van der Waals surface area contributed by atoms with Crippen molar-refractivity contribution in [3.8, 4) is 5.75 Å². The summed E-state index contributed by atoms with van der Waals surface area (Å²) in [5.74, 6) is 0.424. The molecule has 1 saturated carbocycles. The molecule has 8 heteroatoms. The smallest absolute Gasteiger partial charge is 0.321 e. The fourth-order valence-corrected chi connectivity index (χ4v) is 7.79. The van der Waals surface area contributed by atoms with Crippen molar-refractivity contribution < 1.29 is 29.3 Å². The zero-order valence-electron chi connectivity index (χ0n) is 29.4. The van der Waals surface area contributed by atoms with Crippen LogP contribution >= 0.6 is 0 Å². The highest BCUT2D eigenvalue weighted by Gasteiger charge is 2.57. The molecule has 3 aliphatic carbocycles. The monoisotopic (exact) mass is 668 g/mol. The molecule has 6 rings (SSSR count). The summed E-state index contributed by atoms with van der Waals surface area (Å²) in [6, 6.07) is 22.3. The molecule has 8 nitrogen and oxygen atoms in total. The Morgan fingerprint density at radius 2 is 1.76 bits per heavy atom. The number of nitrogens with one attached hydrogen (secondary N) is 1. The lowest BCUT2D eigenvalue weighted by molar-refractivity contribution is -0.0767. The molecular weight excluding hydrogens is 616 g/mol. The van der Waals surface area contributed by atoms with Gasteiger partial charge < -0.3 is 29.9 Å². The normalized spacial score (nSPS) is 24.0. The number of fused-ring (bicyclic) bond motifs is 8. The first-order chi connectivity index (χ1) is 23.6. The second kappa shape index (κ2) is 16.2. The van der Waals surface area contributed by atoms with Crippen LogP contribution in [0, 0.1) is 5.41 Å². The Labute approximate surface area is 291 Å². The number of hydrogen-bond acceptors (Lipinski definition) is 6. The molecule has 0 aromatic heterocycles. The lowest BCUT2D eigenvalue weighted by Crippen LogP contribution is -2.54. The summed E-state index contributed by atoms with van der Waals surface area (Å²) in [7, 11) is 3.24. The van der Waals surface area contributed by atoms with Crippen molar-refractivity contribution in [3.63, 3.8) is 0 Å². The summed E-state index contributed by atoms with van der Waals surface area (Å²) >= 11 is 0. The molecule has 0 aliphatic heterocycles. The zero-order chi connectivity index (χ0) is 35.0. The van der Waals surface area contributed by atoms with Gasteiger partial charge in [-0.15, -0.1) is 0 Å². The topological polar surface area (TPSA) is 108 Å². The third kappa shape index (κ3) is 8.43. The molecule has 3 aliphatic rings. The number of urea groups is 1. The Hall–Kier alpha value is -3.98. The average Bonchev–Trinajstić information content (AvgIpc) is 3.35. The van der Waals surface area contributed by atoms with Gasteiger partial charge in [0.25, 0.3) is 0 Å². The molecule has 1 fully saturated rings. The highest BCUT2D eigenvalue weighted by molar-refractivity contribution is 6.10. The third-order valence-corrected chi connectivity index (χ3v) is 10.8. The van der Waals surface area contributed by atoms with E-state index in [1.165, 1.54) is 5.57 Å². The largest absolute Gasteiger partial charge is 0.497 e. The van der Waals surface area contributed by atoms with Gasteiger partial charge in [0.2, 0.25) is 0 Å². The van der Waals surface area contributed by atoms with Gasteiger partial charge in [0.05, 0.1) is 25.4 Å². The summed E-state index contributed by atoms with van der Waals surface area (Å²) in [4.78, 5) is 29.8. The number of amides is 2. The van der Waals surface area contributed by atoms with E-state index in [2.05, 4.69) is 25.2 Å². The lowest BCUT2D eigenvalue weighted by atomic mass is 9.64. The van der Waals surface area contributed by atoms with E-state index in [4.69, 9.17) is 9.47 Å². The minimum Gasteiger partial charge on any atom is -0.497 e.